The molecule has 35 heavy (non-hydrogen) atoms. The molecule has 1 aromatic heterocycles. The van der Waals surface area contributed by atoms with Gasteiger partial charge < -0.3 is 14.4 Å². The van der Waals surface area contributed by atoms with Crippen LogP contribution in [-0.2, 0) is 6.54 Å². The van der Waals surface area contributed by atoms with Gasteiger partial charge in [0.15, 0.2) is 11.5 Å². The van der Waals surface area contributed by atoms with E-state index in [9.17, 15) is 9.18 Å². The Labute approximate surface area is 204 Å². The van der Waals surface area contributed by atoms with Gasteiger partial charge in [0.05, 0.1) is 36.2 Å². The molecule has 0 aliphatic heterocycles. The fourth-order valence-corrected chi connectivity index (χ4v) is 3.89. The third kappa shape index (κ3) is 5.19. The first-order valence-electron chi connectivity index (χ1n) is 11.5. The Balaban J connectivity index is 1.79. The van der Waals surface area contributed by atoms with Crippen molar-refractivity contribution in [3.05, 3.63) is 102 Å². The minimum absolute atomic E-state index is 0.0428. The van der Waals surface area contributed by atoms with Gasteiger partial charge in [0.25, 0.3) is 5.91 Å². The molecule has 180 valence electrons. The highest BCUT2D eigenvalue weighted by Gasteiger charge is 2.25. The fourth-order valence-electron chi connectivity index (χ4n) is 3.89. The minimum Gasteiger partial charge on any atom is -0.493 e. The highest BCUT2D eigenvalue weighted by Crippen LogP contribution is 2.36. The molecular weight excluding hydrogens is 445 g/mol. The quantitative estimate of drug-likeness (QED) is 0.292. The zero-order chi connectivity index (χ0) is 24.8. The zero-order valence-corrected chi connectivity index (χ0v) is 20.1. The number of aromatic nitrogens is 2. The molecule has 0 N–H and O–H groups in total. The minimum atomic E-state index is -0.541. The van der Waals surface area contributed by atoms with Crippen LogP contribution in [0.25, 0.3) is 5.69 Å². The van der Waals surface area contributed by atoms with E-state index in [-0.39, 0.29) is 18.0 Å². The maximum atomic E-state index is 14.4. The predicted octanol–water partition coefficient (Wildman–Crippen LogP) is 6.17. The molecule has 0 atom stereocenters. The van der Waals surface area contributed by atoms with E-state index < -0.39 is 5.82 Å². The number of benzene rings is 3. The molecule has 1 amide bonds. The topological polar surface area (TPSA) is 56.6 Å². The molecule has 0 saturated heterocycles. The van der Waals surface area contributed by atoms with E-state index in [4.69, 9.17) is 14.6 Å². The maximum Gasteiger partial charge on any atom is 0.257 e. The van der Waals surface area contributed by atoms with E-state index >= 15 is 0 Å². The molecule has 0 spiro atoms. The lowest BCUT2D eigenvalue weighted by Crippen LogP contribution is -2.32. The first kappa shape index (κ1) is 24.0. The summed E-state index contributed by atoms with van der Waals surface area (Å²) in [5.74, 6) is 0.655. The summed E-state index contributed by atoms with van der Waals surface area (Å²) in [6.07, 6.45) is 0.717. The summed E-state index contributed by atoms with van der Waals surface area (Å²) in [6, 6.07) is 23.0. The van der Waals surface area contributed by atoms with Crippen molar-refractivity contribution in [3.8, 4) is 23.1 Å². The van der Waals surface area contributed by atoms with Crippen molar-refractivity contribution >= 4 is 5.91 Å². The molecule has 4 aromatic rings. The Morgan fingerprint density at radius 1 is 0.971 bits per heavy atom. The summed E-state index contributed by atoms with van der Waals surface area (Å²) in [4.78, 5) is 14.9. The number of methoxy groups -OCH3 is 1. The van der Waals surface area contributed by atoms with E-state index in [1.165, 1.54) is 12.1 Å². The van der Waals surface area contributed by atoms with Crippen LogP contribution in [0.15, 0.2) is 78.9 Å². The fraction of sp³-hybridized carbons (Fsp3) is 0.214. The highest BCUT2D eigenvalue weighted by molar-refractivity contribution is 5.94. The number of nitrogens with zero attached hydrogens (tertiary/aromatic N) is 3. The van der Waals surface area contributed by atoms with Gasteiger partial charge in [-0.3, -0.25) is 4.79 Å². The van der Waals surface area contributed by atoms with Gasteiger partial charge >= 0.3 is 0 Å². The normalized spacial score (nSPS) is 10.7. The number of ether oxygens (including phenoxy) is 2. The lowest BCUT2D eigenvalue weighted by atomic mass is 10.1. The summed E-state index contributed by atoms with van der Waals surface area (Å²) in [5, 5.41) is 4.73. The van der Waals surface area contributed by atoms with Crippen molar-refractivity contribution in [2.45, 2.75) is 26.8 Å². The number of aryl methyl sites for hydroxylation is 1. The van der Waals surface area contributed by atoms with Crippen LogP contribution in [0.5, 0.6) is 17.4 Å². The van der Waals surface area contributed by atoms with Crippen LogP contribution in [-0.4, -0.2) is 34.2 Å². The number of rotatable bonds is 9. The van der Waals surface area contributed by atoms with Crippen LogP contribution in [0.1, 0.15) is 35.0 Å². The molecule has 1 heterocycles. The van der Waals surface area contributed by atoms with Gasteiger partial charge in [0.2, 0.25) is 5.88 Å². The lowest BCUT2D eigenvalue weighted by molar-refractivity contribution is 0.0737. The number of hydrogen-bond donors (Lipinski definition) is 0. The molecule has 6 nitrogen and oxygen atoms in total. The molecular formula is C28H28FN3O3. The molecule has 0 aliphatic carbocycles. The van der Waals surface area contributed by atoms with Crippen molar-refractivity contribution in [2.75, 3.05) is 13.7 Å². The number of hydrogen-bond acceptors (Lipinski definition) is 4. The third-order valence-corrected chi connectivity index (χ3v) is 5.65. The Hall–Kier alpha value is -4.13. The number of para-hydroxylation sites is 3. The van der Waals surface area contributed by atoms with Crippen LogP contribution < -0.4 is 9.47 Å². The first-order valence-corrected chi connectivity index (χ1v) is 11.5. The van der Waals surface area contributed by atoms with Gasteiger partial charge in [-0.25, -0.2) is 9.07 Å². The van der Waals surface area contributed by atoms with Crippen molar-refractivity contribution in [1.29, 1.82) is 0 Å². The second-order valence-corrected chi connectivity index (χ2v) is 8.08. The zero-order valence-electron chi connectivity index (χ0n) is 20.1. The average Bonchev–Trinajstić information content (AvgIpc) is 3.19. The van der Waals surface area contributed by atoms with E-state index in [0.717, 1.165) is 17.7 Å². The number of carbonyl (C=O) groups excluding carboxylic acids is 1. The summed E-state index contributed by atoms with van der Waals surface area (Å²) in [6.45, 7) is 4.52. The van der Waals surface area contributed by atoms with Crippen molar-refractivity contribution < 1.29 is 18.7 Å². The average molecular weight is 474 g/mol. The van der Waals surface area contributed by atoms with Gasteiger partial charge in [-0.1, -0.05) is 49.4 Å². The summed E-state index contributed by atoms with van der Waals surface area (Å²) >= 11 is 0. The standard InChI is InChI=1S/C28H28FN3O3/c1-4-18-31(27(33)22-14-8-9-15-24(22)29)19-23-20(2)30-32(21-12-6-5-7-13-21)28(23)35-26-17-11-10-16-25(26)34-3/h5-17H,4,18-19H2,1-3H3. The molecule has 0 aliphatic rings. The van der Waals surface area contributed by atoms with Gasteiger partial charge in [-0.05, 0) is 49.7 Å². The van der Waals surface area contributed by atoms with Crippen LogP contribution in [0, 0.1) is 12.7 Å². The third-order valence-electron chi connectivity index (χ3n) is 5.65. The first-order chi connectivity index (χ1) is 17.0. The number of halogens is 1. The highest BCUT2D eigenvalue weighted by atomic mass is 19.1. The Morgan fingerprint density at radius 2 is 1.63 bits per heavy atom. The molecule has 0 unspecified atom stereocenters. The van der Waals surface area contributed by atoms with Crippen LogP contribution >= 0.6 is 0 Å². The second-order valence-electron chi connectivity index (χ2n) is 8.08. The summed E-state index contributed by atoms with van der Waals surface area (Å²) < 4.78 is 28.0. The van der Waals surface area contributed by atoms with Gasteiger partial charge in [-0.2, -0.15) is 5.10 Å². The molecule has 7 heteroatoms. The second kappa shape index (κ2) is 10.9. The van der Waals surface area contributed by atoms with Crippen LogP contribution in [0.3, 0.4) is 0 Å². The van der Waals surface area contributed by atoms with E-state index in [1.807, 2.05) is 68.4 Å². The van der Waals surface area contributed by atoms with E-state index in [0.29, 0.717) is 29.6 Å². The molecule has 3 aromatic carbocycles. The number of amides is 1. The number of carbonyl (C=O) groups is 1. The van der Waals surface area contributed by atoms with Crippen molar-refractivity contribution in [2.24, 2.45) is 0 Å². The van der Waals surface area contributed by atoms with Crippen molar-refractivity contribution in [3.63, 3.8) is 0 Å². The van der Waals surface area contributed by atoms with Gasteiger partial charge in [0, 0.05) is 6.54 Å². The molecule has 0 fully saturated rings. The SMILES string of the molecule is CCCN(Cc1c(C)nn(-c2ccccc2)c1Oc1ccccc1OC)C(=O)c1ccccc1F. The largest absolute Gasteiger partial charge is 0.493 e. The van der Waals surface area contributed by atoms with Crippen LogP contribution in [0.2, 0.25) is 0 Å². The van der Waals surface area contributed by atoms with Crippen molar-refractivity contribution in [1.82, 2.24) is 14.7 Å². The molecule has 0 radical (unpaired) electrons. The Morgan fingerprint density at radius 3 is 2.31 bits per heavy atom. The summed E-state index contributed by atoms with van der Waals surface area (Å²) in [7, 11) is 1.58. The maximum absolute atomic E-state index is 14.4. The van der Waals surface area contributed by atoms with E-state index in [2.05, 4.69) is 0 Å². The Bertz CT molecular complexity index is 1300. The smallest absolute Gasteiger partial charge is 0.257 e. The monoisotopic (exact) mass is 473 g/mol. The molecule has 0 bridgehead atoms. The van der Waals surface area contributed by atoms with Crippen LogP contribution in [0.4, 0.5) is 4.39 Å². The van der Waals surface area contributed by atoms with E-state index in [1.54, 1.807) is 28.8 Å². The molecule has 0 saturated carbocycles. The Kier molecular flexibility index (Phi) is 7.45. The van der Waals surface area contributed by atoms with Gasteiger partial charge in [-0.15, -0.1) is 0 Å². The molecule has 4 rings (SSSR count). The summed E-state index contributed by atoms with van der Waals surface area (Å²) in [5.41, 5.74) is 2.30. The van der Waals surface area contributed by atoms with Gasteiger partial charge in [0.1, 0.15) is 5.82 Å². The lowest BCUT2D eigenvalue weighted by Gasteiger charge is -2.23. The predicted molar refractivity (Wildman–Crippen MR) is 133 cm³/mol.